The molecule has 1 saturated heterocycles. The van der Waals surface area contributed by atoms with Crippen LogP contribution in [0, 0.1) is 6.92 Å². The van der Waals surface area contributed by atoms with Gasteiger partial charge in [-0.15, -0.1) is 11.3 Å². The summed E-state index contributed by atoms with van der Waals surface area (Å²) in [6.07, 6.45) is 1.54. The average Bonchev–Trinajstić information content (AvgIpc) is 3.36. The second kappa shape index (κ2) is 8.17. The van der Waals surface area contributed by atoms with E-state index in [1.807, 2.05) is 19.1 Å². The summed E-state index contributed by atoms with van der Waals surface area (Å²) >= 11 is 1.63. The molecule has 2 atom stereocenters. The highest BCUT2D eigenvalue weighted by atomic mass is 32.1. The minimum Gasteiger partial charge on any atom is -0.390 e. The molecular weight excluding hydrogens is 376 g/mol. The average molecular weight is 398 g/mol. The number of aliphatic hydroxyl groups excluding tert-OH is 1. The SMILES string of the molecule is Cc1nc(CN2CC[C@@H](NC(=O)c3ccc(-c4ncn[nH]4)cc3)[C@H](O)C2)cs1. The predicted molar refractivity (Wildman–Crippen MR) is 106 cm³/mol. The number of aromatic nitrogens is 4. The van der Waals surface area contributed by atoms with Gasteiger partial charge in [0.1, 0.15) is 6.33 Å². The van der Waals surface area contributed by atoms with Gasteiger partial charge >= 0.3 is 0 Å². The Balaban J connectivity index is 1.32. The second-order valence-electron chi connectivity index (χ2n) is 6.94. The van der Waals surface area contributed by atoms with Gasteiger partial charge in [-0.05, 0) is 25.5 Å². The maximum atomic E-state index is 12.6. The van der Waals surface area contributed by atoms with Crippen LogP contribution in [0.4, 0.5) is 0 Å². The molecular formula is C19H22N6O2S. The highest BCUT2D eigenvalue weighted by molar-refractivity contribution is 7.09. The van der Waals surface area contributed by atoms with Crippen LogP contribution in [-0.4, -0.2) is 61.3 Å². The van der Waals surface area contributed by atoms with E-state index < -0.39 is 6.10 Å². The summed E-state index contributed by atoms with van der Waals surface area (Å²) in [4.78, 5) is 23.3. The van der Waals surface area contributed by atoms with Crippen LogP contribution in [-0.2, 0) is 6.54 Å². The standard InChI is InChI=1S/C19H22N6O2S/c1-12-22-15(10-28-12)8-25-7-6-16(17(26)9-25)23-19(27)14-4-2-13(3-5-14)18-20-11-21-24-18/h2-5,10-11,16-17,26H,6-9H2,1H3,(H,23,27)(H,20,21,24)/t16-,17-/m1/s1. The largest absolute Gasteiger partial charge is 0.390 e. The summed E-state index contributed by atoms with van der Waals surface area (Å²) in [6, 6.07) is 6.89. The van der Waals surface area contributed by atoms with Gasteiger partial charge in [0.05, 0.1) is 22.8 Å². The van der Waals surface area contributed by atoms with E-state index in [1.165, 1.54) is 6.33 Å². The predicted octanol–water partition coefficient (Wildman–Crippen LogP) is 1.60. The van der Waals surface area contributed by atoms with Crippen molar-refractivity contribution in [2.24, 2.45) is 0 Å². The first kappa shape index (κ1) is 18.7. The number of benzene rings is 1. The number of β-amino-alcohol motifs (C(OH)–C–C–N with tert-alkyl or cyclic N) is 1. The number of amides is 1. The van der Waals surface area contributed by atoms with Crippen LogP contribution in [0.1, 0.15) is 27.5 Å². The van der Waals surface area contributed by atoms with E-state index in [-0.39, 0.29) is 11.9 Å². The quantitative estimate of drug-likeness (QED) is 0.603. The van der Waals surface area contributed by atoms with Gasteiger partial charge in [-0.2, -0.15) is 5.10 Å². The van der Waals surface area contributed by atoms with Crippen molar-refractivity contribution in [2.45, 2.75) is 32.0 Å². The number of hydrogen-bond acceptors (Lipinski definition) is 7. The molecule has 3 heterocycles. The molecule has 1 aliphatic rings. The maximum Gasteiger partial charge on any atom is 0.251 e. The molecule has 3 aromatic rings. The molecule has 1 aliphatic heterocycles. The number of piperidine rings is 1. The van der Waals surface area contributed by atoms with E-state index in [4.69, 9.17) is 0 Å². The van der Waals surface area contributed by atoms with Gasteiger partial charge in [0.25, 0.3) is 5.91 Å². The number of hydrogen-bond donors (Lipinski definition) is 3. The van der Waals surface area contributed by atoms with E-state index >= 15 is 0 Å². The van der Waals surface area contributed by atoms with Crippen LogP contribution < -0.4 is 5.32 Å². The third kappa shape index (κ3) is 4.27. The molecule has 0 saturated carbocycles. The minimum absolute atomic E-state index is 0.184. The van der Waals surface area contributed by atoms with Gasteiger partial charge in [0.2, 0.25) is 0 Å². The van der Waals surface area contributed by atoms with Gasteiger partial charge in [-0.3, -0.25) is 14.8 Å². The van der Waals surface area contributed by atoms with Crippen LogP contribution in [0.5, 0.6) is 0 Å². The van der Waals surface area contributed by atoms with Gasteiger partial charge in [-0.25, -0.2) is 9.97 Å². The number of aromatic amines is 1. The van der Waals surface area contributed by atoms with E-state index in [0.29, 0.717) is 24.4 Å². The number of nitrogens with one attached hydrogen (secondary N) is 2. The van der Waals surface area contributed by atoms with Crippen molar-refractivity contribution in [3.05, 3.63) is 52.2 Å². The van der Waals surface area contributed by atoms with Gasteiger partial charge in [-0.1, -0.05) is 12.1 Å². The van der Waals surface area contributed by atoms with Crippen molar-refractivity contribution < 1.29 is 9.90 Å². The van der Waals surface area contributed by atoms with E-state index in [1.54, 1.807) is 23.5 Å². The number of carbonyl (C=O) groups excluding carboxylic acids is 1. The Morgan fingerprint density at radius 1 is 1.39 bits per heavy atom. The van der Waals surface area contributed by atoms with Crippen molar-refractivity contribution in [2.75, 3.05) is 13.1 Å². The number of aliphatic hydroxyl groups is 1. The molecule has 8 nitrogen and oxygen atoms in total. The normalized spacial score (nSPS) is 20.2. The molecule has 3 N–H and O–H groups in total. The zero-order chi connectivity index (χ0) is 19.5. The number of rotatable bonds is 5. The Morgan fingerprint density at radius 3 is 2.86 bits per heavy atom. The smallest absolute Gasteiger partial charge is 0.251 e. The Kier molecular flexibility index (Phi) is 5.47. The fourth-order valence-electron chi connectivity index (χ4n) is 3.39. The molecule has 4 rings (SSSR count). The lowest BCUT2D eigenvalue weighted by Gasteiger charge is -2.35. The summed E-state index contributed by atoms with van der Waals surface area (Å²) in [5, 5.41) is 23.2. The number of likely N-dealkylation sites (tertiary alicyclic amines) is 1. The first-order valence-electron chi connectivity index (χ1n) is 9.16. The van der Waals surface area contributed by atoms with Crippen LogP contribution in [0.25, 0.3) is 11.4 Å². The van der Waals surface area contributed by atoms with Crippen LogP contribution >= 0.6 is 11.3 Å². The summed E-state index contributed by atoms with van der Waals surface area (Å²) in [5.41, 5.74) is 2.44. The van der Waals surface area contributed by atoms with Crippen LogP contribution in [0.15, 0.2) is 36.0 Å². The molecule has 0 aliphatic carbocycles. The first-order valence-corrected chi connectivity index (χ1v) is 10.0. The molecule has 0 spiro atoms. The first-order chi connectivity index (χ1) is 13.6. The number of nitrogens with zero attached hydrogens (tertiary/aromatic N) is 4. The van der Waals surface area contributed by atoms with Crippen molar-refractivity contribution in [1.29, 1.82) is 0 Å². The Bertz CT molecular complexity index is 924. The molecule has 0 bridgehead atoms. The molecule has 1 aromatic carbocycles. The molecule has 0 unspecified atom stereocenters. The van der Waals surface area contributed by atoms with Crippen molar-refractivity contribution in [3.63, 3.8) is 0 Å². The molecule has 28 heavy (non-hydrogen) atoms. The lowest BCUT2D eigenvalue weighted by atomic mass is 10.0. The highest BCUT2D eigenvalue weighted by Gasteiger charge is 2.29. The molecule has 9 heteroatoms. The van der Waals surface area contributed by atoms with Gasteiger partial charge in [0, 0.05) is 36.1 Å². The second-order valence-corrected chi connectivity index (χ2v) is 8.00. The summed E-state index contributed by atoms with van der Waals surface area (Å²) in [7, 11) is 0. The Hall–Kier alpha value is -2.62. The maximum absolute atomic E-state index is 12.6. The monoisotopic (exact) mass is 398 g/mol. The number of thiazole rings is 1. The number of aryl methyl sites for hydroxylation is 1. The Labute approximate surface area is 166 Å². The lowest BCUT2D eigenvalue weighted by molar-refractivity contribution is 0.0346. The van der Waals surface area contributed by atoms with Crippen molar-refractivity contribution in [3.8, 4) is 11.4 Å². The van der Waals surface area contributed by atoms with Crippen molar-refractivity contribution >= 4 is 17.2 Å². The number of H-pyrrole nitrogens is 1. The third-order valence-electron chi connectivity index (χ3n) is 4.87. The van der Waals surface area contributed by atoms with Gasteiger partial charge in [0.15, 0.2) is 5.82 Å². The fraction of sp³-hybridized carbons (Fsp3) is 0.368. The van der Waals surface area contributed by atoms with Crippen LogP contribution in [0.3, 0.4) is 0 Å². The topological polar surface area (TPSA) is 107 Å². The zero-order valence-electron chi connectivity index (χ0n) is 15.5. The molecule has 146 valence electrons. The summed E-state index contributed by atoms with van der Waals surface area (Å²) in [5.74, 6) is 0.474. The van der Waals surface area contributed by atoms with Gasteiger partial charge < -0.3 is 10.4 Å². The Morgan fingerprint density at radius 2 is 2.21 bits per heavy atom. The highest BCUT2D eigenvalue weighted by Crippen LogP contribution is 2.18. The fourth-order valence-corrected chi connectivity index (χ4v) is 4.00. The van der Waals surface area contributed by atoms with E-state index in [9.17, 15) is 9.90 Å². The van der Waals surface area contributed by atoms with E-state index in [2.05, 4.69) is 35.8 Å². The third-order valence-corrected chi connectivity index (χ3v) is 5.69. The minimum atomic E-state index is -0.606. The number of carbonyl (C=O) groups is 1. The summed E-state index contributed by atoms with van der Waals surface area (Å²) < 4.78 is 0. The lowest BCUT2D eigenvalue weighted by Crippen LogP contribution is -2.53. The van der Waals surface area contributed by atoms with Crippen LogP contribution in [0.2, 0.25) is 0 Å². The van der Waals surface area contributed by atoms with E-state index in [0.717, 1.165) is 29.4 Å². The molecule has 1 fully saturated rings. The van der Waals surface area contributed by atoms with Crippen molar-refractivity contribution in [1.82, 2.24) is 30.4 Å². The molecule has 0 radical (unpaired) electrons. The zero-order valence-corrected chi connectivity index (χ0v) is 16.3. The summed E-state index contributed by atoms with van der Waals surface area (Å²) in [6.45, 7) is 4.04. The molecule has 1 amide bonds. The molecule has 2 aromatic heterocycles.